The Bertz CT molecular complexity index is 496. The number of nitrogens with zero attached hydrogens (tertiary/aromatic N) is 1. The molecule has 0 amide bonds. The Morgan fingerprint density at radius 3 is 2.62 bits per heavy atom. The lowest BCUT2D eigenvalue weighted by atomic mass is 9.83. The normalized spacial score (nSPS) is 30.6. The average molecular weight is 356 g/mol. The summed E-state index contributed by atoms with van der Waals surface area (Å²) in [4.78, 5) is 2.54. The molecular weight excluding hydrogens is 333 g/mol. The van der Waals surface area contributed by atoms with E-state index in [4.69, 9.17) is 5.84 Å². The van der Waals surface area contributed by atoms with Crippen molar-refractivity contribution in [2.75, 3.05) is 7.05 Å². The Hall–Kier alpha value is -0.490. The summed E-state index contributed by atoms with van der Waals surface area (Å²) in [5, 5.41) is 0. The topological polar surface area (TPSA) is 41.3 Å². The summed E-state index contributed by atoms with van der Waals surface area (Å²) >= 11 is 3.46. The number of nitrogens with two attached hydrogens (primary N) is 1. The van der Waals surface area contributed by atoms with Crippen LogP contribution in [0, 0.1) is 11.7 Å². The van der Waals surface area contributed by atoms with Crippen LogP contribution in [-0.2, 0) is 6.42 Å². The molecule has 1 aromatic rings. The van der Waals surface area contributed by atoms with E-state index >= 15 is 0 Å². The van der Waals surface area contributed by atoms with Crippen LogP contribution in [0.15, 0.2) is 22.7 Å². The fraction of sp³-hybridized carbons (Fsp3) is 0.625. The van der Waals surface area contributed by atoms with E-state index < -0.39 is 0 Å². The SMILES string of the molecule is CN1C2CCC1CC(C(Cc1ccc(F)cc1Br)NN)C2. The number of piperidine rings is 1. The van der Waals surface area contributed by atoms with E-state index in [-0.39, 0.29) is 11.9 Å². The highest BCUT2D eigenvalue weighted by Gasteiger charge is 2.40. The number of hydrazine groups is 1. The highest BCUT2D eigenvalue weighted by molar-refractivity contribution is 9.10. The standard InChI is InChI=1S/C16H23BrFN3/c1-21-13-4-5-14(21)7-11(6-13)16(20-19)8-10-2-3-12(18)9-15(10)17/h2-3,9,11,13-14,16,20H,4-8,19H2,1H3. The Kier molecular flexibility index (Phi) is 4.64. The molecule has 21 heavy (non-hydrogen) atoms. The highest BCUT2D eigenvalue weighted by Crippen LogP contribution is 2.39. The summed E-state index contributed by atoms with van der Waals surface area (Å²) in [6.07, 6.45) is 5.89. The molecule has 0 aromatic heterocycles. The molecule has 3 unspecified atom stereocenters. The van der Waals surface area contributed by atoms with Crippen LogP contribution in [0.3, 0.4) is 0 Å². The first-order valence-corrected chi connectivity index (χ1v) is 8.49. The third-order valence-corrected chi connectivity index (χ3v) is 6.11. The van der Waals surface area contributed by atoms with Crippen LogP contribution >= 0.6 is 15.9 Å². The first kappa shape index (κ1) is 15.4. The average Bonchev–Trinajstić information content (AvgIpc) is 2.68. The van der Waals surface area contributed by atoms with Gasteiger partial charge in [0.05, 0.1) is 0 Å². The van der Waals surface area contributed by atoms with Gasteiger partial charge in [0.2, 0.25) is 0 Å². The lowest BCUT2D eigenvalue weighted by Gasteiger charge is -2.39. The van der Waals surface area contributed by atoms with Gasteiger partial charge in [-0.2, -0.15) is 0 Å². The second-order valence-corrected chi connectivity index (χ2v) is 7.35. The molecule has 5 heteroatoms. The van der Waals surface area contributed by atoms with Gasteiger partial charge in [0, 0.05) is 22.6 Å². The molecule has 2 heterocycles. The molecule has 2 aliphatic heterocycles. The first-order valence-electron chi connectivity index (χ1n) is 7.70. The lowest BCUT2D eigenvalue weighted by molar-refractivity contribution is 0.112. The van der Waals surface area contributed by atoms with E-state index in [0.717, 1.165) is 16.5 Å². The zero-order valence-corrected chi connectivity index (χ0v) is 13.9. The van der Waals surface area contributed by atoms with Gasteiger partial charge in [-0.15, -0.1) is 0 Å². The molecule has 0 radical (unpaired) electrons. The van der Waals surface area contributed by atoms with Crippen LogP contribution in [0.25, 0.3) is 0 Å². The van der Waals surface area contributed by atoms with Crippen LogP contribution < -0.4 is 11.3 Å². The minimum Gasteiger partial charge on any atom is -0.300 e. The molecule has 2 saturated heterocycles. The van der Waals surface area contributed by atoms with E-state index in [9.17, 15) is 4.39 Å². The summed E-state index contributed by atoms with van der Waals surface area (Å²) in [6.45, 7) is 0. The minimum absolute atomic E-state index is 0.208. The first-order chi connectivity index (χ1) is 10.1. The van der Waals surface area contributed by atoms with Gasteiger partial charge in [-0.05, 0) is 62.8 Å². The smallest absolute Gasteiger partial charge is 0.124 e. The summed E-state index contributed by atoms with van der Waals surface area (Å²) in [5.41, 5.74) is 4.13. The predicted octanol–water partition coefficient (Wildman–Crippen LogP) is 2.84. The van der Waals surface area contributed by atoms with E-state index in [1.54, 1.807) is 0 Å². The van der Waals surface area contributed by atoms with Crippen molar-refractivity contribution >= 4 is 15.9 Å². The summed E-state index contributed by atoms with van der Waals surface area (Å²) in [7, 11) is 2.25. The monoisotopic (exact) mass is 355 g/mol. The molecule has 2 fully saturated rings. The van der Waals surface area contributed by atoms with Crippen LogP contribution in [0.4, 0.5) is 4.39 Å². The molecule has 116 valence electrons. The molecule has 3 atom stereocenters. The number of rotatable bonds is 4. The van der Waals surface area contributed by atoms with E-state index in [1.165, 1.54) is 37.8 Å². The molecule has 0 spiro atoms. The lowest BCUT2D eigenvalue weighted by Crippen LogP contribution is -2.49. The maximum absolute atomic E-state index is 13.2. The van der Waals surface area contributed by atoms with Gasteiger partial charge in [-0.25, -0.2) is 4.39 Å². The number of halogens is 2. The fourth-order valence-corrected chi connectivity index (χ4v) is 4.58. The van der Waals surface area contributed by atoms with E-state index in [2.05, 4.69) is 33.3 Å². The molecule has 1 aromatic carbocycles. The Morgan fingerprint density at radius 1 is 1.38 bits per heavy atom. The number of fused-ring (bicyclic) bond motifs is 2. The van der Waals surface area contributed by atoms with Gasteiger partial charge in [-0.1, -0.05) is 22.0 Å². The minimum atomic E-state index is -0.208. The molecule has 0 saturated carbocycles. The van der Waals surface area contributed by atoms with Gasteiger partial charge >= 0.3 is 0 Å². The largest absolute Gasteiger partial charge is 0.300 e. The van der Waals surface area contributed by atoms with Crippen molar-refractivity contribution in [2.45, 2.75) is 50.2 Å². The maximum atomic E-state index is 13.2. The van der Waals surface area contributed by atoms with Gasteiger partial charge in [0.1, 0.15) is 5.82 Å². The fourth-order valence-electron chi connectivity index (χ4n) is 4.07. The molecule has 0 aliphatic carbocycles. The van der Waals surface area contributed by atoms with E-state index in [0.29, 0.717) is 18.0 Å². The summed E-state index contributed by atoms with van der Waals surface area (Å²) in [5.74, 6) is 6.21. The molecule has 3 nitrogen and oxygen atoms in total. The third kappa shape index (κ3) is 3.16. The molecule has 2 bridgehead atoms. The number of nitrogens with one attached hydrogen (secondary N) is 1. The van der Waals surface area contributed by atoms with Crippen LogP contribution in [0.5, 0.6) is 0 Å². The van der Waals surface area contributed by atoms with Crippen molar-refractivity contribution < 1.29 is 4.39 Å². The van der Waals surface area contributed by atoms with Gasteiger partial charge in [0.25, 0.3) is 0 Å². The Balaban J connectivity index is 1.71. The summed E-state index contributed by atoms with van der Waals surface area (Å²) < 4.78 is 14.0. The predicted molar refractivity (Wildman–Crippen MR) is 86.2 cm³/mol. The highest BCUT2D eigenvalue weighted by atomic mass is 79.9. The van der Waals surface area contributed by atoms with Crippen LogP contribution in [0.2, 0.25) is 0 Å². The number of hydrogen-bond acceptors (Lipinski definition) is 3. The zero-order chi connectivity index (χ0) is 15.0. The van der Waals surface area contributed by atoms with Gasteiger partial charge < -0.3 is 4.90 Å². The maximum Gasteiger partial charge on any atom is 0.124 e. The second kappa shape index (κ2) is 6.32. The van der Waals surface area contributed by atoms with Gasteiger partial charge in [-0.3, -0.25) is 11.3 Å². The second-order valence-electron chi connectivity index (χ2n) is 6.49. The van der Waals surface area contributed by atoms with Crippen molar-refractivity contribution in [3.05, 3.63) is 34.1 Å². The van der Waals surface area contributed by atoms with Crippen molar-refractivity contribution in [2.24, 2.45) is 11.8 Å². The van der Waals surface area contributed by atoms with Crippen molar-refractivity contribution in [1.82, 2.24) is 10.3 Å². The number of hydrogen-bond donors (Lipinski definition) is 2. The summed E-state index contributed by atoms with van der Waals surface area (Å²) in [6, 6.07) is 6.58. The Labute approximate surface area is 134 Å². The Morgan fingerprint density at radius 2 is 2.05 bits per heavy atom. The van der Waals surface area contributed by atoms with Gasteiger partial charge in [0.15, 0.2) is 0 Å². The zero-order valence-electron chi connectivity index (χ0n) is 12.4. The third-order valence-electron chi connectivity index (χ3n) is 5.37. The van der Waals surface area contributed by atoms with Crippen LogP contribution in [-0.4, -0.2) is 30.1 Å². The number of benzene rings is 1. The van der Waals surface area contributed by atoms with Crippen LogP contribution in [0.1, 0.15) is 31.2 Å². The van der Waals surface area contributed by atoms with Crippen molar-refractivity contribution in [3.63, 3.8) is 0 Å². The molecule has 3 N–H and O–H groups in total. The van der Waals surface area contributed by atoms with Crippen molar-refractivity contribution in [1.29, 1.82) is 0 Å². The molecule has 2 aliphatic rings. The quantitative estimate of drug-likeness (QED) is 0.644. The van der Waals surface area contributed by atoms with E-state index in [1.807, 2.05) is 6.07 Å². The molecule has 3 rings (SSSR count). The van der Waals surface area contributed by atoms with Crippen molar-refractivity contribution in [3.8, 4) is 0 Å². The molecular formula is C16H23BrFN3.